The molecule has 0 atom stereocenters. The molecule has 2 saturated heterocycles. The number of aryl methyl sites for hydroxylation is 1. The van der Waals surface area contributed by atoms with Crippen LogP contribution in [0.2, 0.25) is 5.02 Å². The lowest BCUT2D eigenvalue weighted by Crippen LogP contribution is -2.48. The van der Waals surface area contributed by atoms with Gasteiger partial charge in [0.2, 0.25) is 0 Å². The molecule has 3 aromatic heterocycles. The van der Waals surface area contributed by atoms with E-state index in [1.165, 1.54) is 11.3 Å². The summed E-state index contributed by atoms with van der Waals surface area (Å²) in [7, 11) is 0. The van der Waals surface area contributed by atoms with Crippen molar-refractivity contribution in [1.29, 1.82) is 0 Å². The number of pyridine rings is 1. The number of carbonyl (C=O) groups excluding carboxylic acids is 1. The number of thiophene rings is 1. The summed E-state index contributed by atoms with van der Waals surface area (Å²) < 4.78 is 0. The summed E-state index contributed by atoms with van der Waals surface area (Å²) >= 11 is 7.65. The fourth-order valence-electron chi connectivity index (χ4n) is 5.17. The number of aromatic nitrogens is 3. The molecule has 2 aliphatic heterocycles. The Morgan fingerprint density at radius 1 is 0.865 bits per heavy atom. The van der Waals surface area contributed by atoms with E-state index in [2.05, 4.69) is 35.7 Å². The van der Waals surface area contributed by atoms with Crippen LogP contribution < -0.4 is 14.7 Å². The van der Waals surface area contributed by atoms with Crippen LogP contribution in [0, 0.1) is 6.92 Å². The second-order valence-electron chi connectivity index (χ2n) is 9.35. The molecular weight excluding hydrogens is 506 g/mol. The standard InChI is InChI=1S/C27H28ClN7OS/c1-19-23-25(34-13-11-33(12-14-34)22-7-2-3-8-29-22)30-18-31-26(23)37-24(19)27(36)35-15-9-32(10-16-35)21-6-4-5-20(28)17-21/h2-8,17-18H,9-16H2,1H3. The van der Waals surface area contributed by atoms with E-state index >= 15 is 0 Å². The molecule has 2 fully saturated rings. The number of amides is 1. The Hall–Kier alpha value is -3.43. The van der Waals surface area contributed by atoms with Crippen LogP contribution in [-0.2, 0) is 0 Å². The van der Waals surface area contributed by atoms with Gasteiger partial charge in [-0.05, 0) is 42.8 Å². The Labute approximate surface area is 225 Å². The second-order valence-corrected chi connectivity index (χ2v) is 10.8. The first kappa shape index (κ1) is 23.9. The van der Waals surface area contributed by atoms with Gasteiger partial charge in [0.05, 0.1) is 10.3 Å². The maximum atomic E-state index is 13.6. The number of halogens is 1. The van der Waals surface area contributed by atoms with Crippen molar-refractivity contribution in [2.24, 2.45) is 0 Å². The van der Waals surface area contributed by atoms with Crippen LogP contribution in [0.1, 0.15) is 15.2 Å². The lowest BCUT2D eigenvalue weighted by Gasteiger charge is -2.36. The Bertz CT molecular complexity index is 1410. The fraction of sp³-hybridized carbons (Fsp3) is 0.333. The largest absolute Gasteiger partial charge is 0.368 e. The Balaban J connectivity index is 1.18. The highest BCUT2D eigenvalue weighted by atomic mass is 35.5. The highest BCUT2D eigenvalue weighted by molar-refractivity contribution is 7.20. The number of hydrogen-bond acceptors (Lipinski definition) is 8. The van der Waals surface area contributed by atoms with Crippen LogP contribution >= 0.6 is 22.9 Å². The van der Waals surface area contributed by atoms with Crippen LogP contribution in [0.4, 0.5) is 17.3 Å². The van der Waals surface area contributed by atoms with Crippen molar-refractivity contribution in [2.45, 2.75) is 6.92 Å². The van der Waals surface area contributed by atoms with Crippen LogP contribution in [0.5, 0.6) is 0 Å². The summed E-state index contributed by atoms with van der Waals surface area (Å²) in [6.45, 7) is 8.36. The molecule has 190 valence electrons. The summed E-state index contributed by atoms with van der Waals surface area (Å²) in [4.78, 5) is 37.8. The molecule has 10 heteroatoms. The molecule has 0 spiro atoms. The van der Waals surface area contributed by atoms with Gasteiger partial charge in [0.25, 0.3) is 5.91 Å². The SMILES string of the molecule is Cc1c(C(=O)N2CCN(c3cccc(Cl)c3)CC2)sc2ncnc(N3CCN(c4ccccn4)CC3)c12. The van der Waals surface area contributed by atoms with Crippen molar-refractivity contribution in [3.8, 4) is 0 Å². The molecule has 8 nitrogen and oxygen atoms in total. The summed E-state index contributed by atoms with van der Waals surface area (Å²) in [6.07, 6.45) is 3.46. The summed E-state index contributed by atoms with van der Waals surface area (Å²) in [5.41, 5.74) is 2.07. The minimum Gasteiger partial charge on any atom is -0.368 e. The first-order valence-electron chi connectivity index (χ1n) is 12.5. The molecule has 37 heavy (non-hydrogen) atoms. The third-order valence-corrected chi connectivity index (χ3v) is 8.62. The van der Waals surface area contributed by atoms with Crippen LogP contribution in [0.3, 0.4) is 0 Å². The topological polar surface area (TPSA) is 68.7 Å². The van der Waals surface area contributed by atoms with Gasteiger partial charge < -0.3 is 19.6 Å². The molecule has 0 radical (unpaired) electrons. The van der Waals surface area contributed by atoms with Gasteiger partial charge in [-0.15, -0.1) is 11.3 Å². The lowest BCUT2D eigenvalue weighted by atomic mass is 10.1. The van der Waals surface area contributed by atoms with Crippen LogP contribution in [0.25, 0.3) is 10.2 Å². The number of piperazine rings is 2. The van der Waals surface area contributed by atoms with Crippen LogP contribution in [-0.4, -0.2) is 78.1 Å². The summed E-state index contributed by atoms with van der Waals surface area (Å²) in [5, 5.41) is 1.73. The molecule has 1 amide bonds. The Morgan fingerprint density at radius 3 is 2.35 bits per heavy atom. The van der Waals surface area contributed by atoms with Crippen molar-refractivity contribution >= 4 is 56.4 Å². The fourth-order valence-corrected chi connectivity index (χ4v) is 6.46. The van der Waals surface area contributed by atoms with E-state index in [1.807, 2.05) is 54.4 Å². The van der Waals surface area contributed by atoms with Gasteiger partial charge in [-0.1, -0.05) is 23.7 Å². The van der Waals surface area contributed by atoms with E-state index in [0.717, 1.165) is 82.3 Å². The second kappa shape index (κ2) is 10.1. The van der Waals surface area contributed by atoms with Crippen molar-refractivity contribution in [1.82, 2.24) is 19.9 Å². The molecule has 0 saturated carbocycles. The zero-order chi connectivity index (χ0) is 25.4. The molecule has 0 N–H and O–H groups in total. The predicted molar refractivity (Wildman–Crippen MR) is 150 cm³/mol. The molecule has 6 rings (SSSR count). The molecule has 0 bridgehead atoms. The number of benzene rings is 1. The smallest absolute Gasteiger partial charge is 0.264 e. The van der Waals surface area contributed by atoms with Gasteiger partial charge >= 0.3 is 0 Å². The number of anilines is 3. The molecular formula is C27H28ClN7OS. The minimum absolute atomic E-state index is 0.0807. The number of hydrogen-bond donors (Lipinski definition) is 0. The first-order valence-corrected chi connectivity index (χ1v) is 13.7. The molecule has 0 aliphatic carbocycles. The van der Waals surface area contributed by atoms with Gasteiger partial charge in [-0.2, -0.15) is 0 Å². The van der Waals surface area contributed by atoms with Gasteiger partial charge in [0.1, 0.15) is 22.8 Å². The quantitative estimate of drug-likeness (QED) is 0.386. The zero-order valence-electron chi connectivity index (χ0n) is 20.7. The monoisotopic (exact) mass is 533 g/mol. The average Bonchev–Trinajstić information content (AvgIpc) is 3.30. The highest BCUT2D eigenvalue weighted by Gasteiger charge is 2.28. The van der Waals surface area contributed by atoms with E-state index in [-0.39, 0.29) is 5.91 Å². The number of nitrogens with zero attached hydrogens (tertiary/aromatic N) is 7. The Morgan fingerprint density at radius 2 is 1.62 bits per heavy atom. The van der Waals surface area contributed by atoms with Gasteiger partial charge in [-0.25, -0.2) is 15.0 Å². The van der Waals surface area contributed by atoms with E-state index in [0.29, 0.717) is 13.1 Å². The van der Waals surface area contributed by atoms with Crippen molar-refractivity contribution in [3.05, 3.63) is 70.5 Å². The van der Waals surface area contributed by atoms with Crippen molar-refractivity contribution < 1.29 is 4.79 Å². The predicted octanol–water partition coefficient (Wildman–Crippen LogP) is 4.34. The van der Waals surface area contributed by atoms with E-state index in [4.69, 9.17) is 11.6 Å². The summed E-state index contributed by atoms with van der Waals surface area (Å²) in [6, 6.07) is 13.9. The number of rotatable bonds is 4. The van der Waals surface area contributed by atoms with Crippen LogP contribution in [0.15, 0.2) is 55.0 Å². The first-order chi connectivity index (χ1) is 18.1. The van der Waals surface area contributed by atoms with Gasteiger partial charge in [0, 0.05) is 69.3 Å². The third-order valence-electron chi connectivity index (χ3n) is 7.19. The molecule has 0 unspecified atom stereocenters. The maximum Gasteiger partial charge on any atom is 0.264 e. The summed E-state index contributed by atoms with van der Waals surface area (Å²) in [5.74, 6) is 2.01. The average molecular weight is 534 g/mol. The van der Waals surface area contributed by atoms with Gasteiger partial charge in [-0.3, -0.25) is 4.79 Å². The van der Waals surface area contributed by atoms with Gasteiger partial charge in [0.15, 0.2) is 0 Å². The molecule has 2 aliphatic rings. The maximum absolute atomic E-state index is 13.6. The van der Waals surface area contributed by atoms with Crippen molar-refractivity contribution in [3.63, 3.8) is 0 Å². The minimum atomic E-state index is 0.0807. The molecule has 4 aromatic rings. The molecule has 1 aromatic carbocycles. The zero-order valence-corrected chi connectivity index (χ0v) is 22.3. The van der Waals surface area contributed by atoms with E-state index in [1.54, 1.807) is 6.33 Å². The lowest BCUT2D eigenvalue weighted by molar-refractivity contribution is 0.0751. The normalized spacial score (nSPS) is 16.5. The van der Waals surface area contributed by atoms with E-state index < -0.39 is 0 Å². The number of fused-ring (bicyclic) bond motifs is 1. The van der Waals surface area contributed by atoms with Crippen molar-refractivity contribution in [2.75, 3.05) is 67.1 Å². The third kappa shape index (κ3) is 4.69. The molecule has 5 heterocycles. The van der Waals surface area contributed by atoms with E-state index in [9.17, 15) is 4.79 Å². The number of carbonyl (C=O) groups is 1. The highest BCUT2D eigenvalue weighted by Crippen LogP contribution is 2.36. The Kier molecular flexibility index (Phi) is 6.56.